The standard InChI is InChI=1S/C9H7ClO3/c10-6-1-2-7-8(5-6)13-9(11)3-4-12-7/h1-2,5H,3-4H2. The van der Waals surface area contributed by atoms with E-state index < -0.39 is 0 Å². The quantitative estimate of drug-likeness (QED) is 0.473. The normalized spacial score (nSPS) is 15.3. The molecule has 0 atom stereocenters. The fraction of sp³-hybridized carbons (Fsp3) is 0.222. The van der Waals surface area contributed by atoms with E-state index in [1.54, 1.807) is 18.2 Å². The minimum absolute atomic E-state index is 0.270. The van der Waals surface area contributed by atoms with Crippen LogP contribution in [0.1, 0.15) is 6.42 Å². The van der Waals surface area contributed by atoms with Crippen LogP contribution >= 0.6 is 11.6 Å². The molecule has 0 amide bonds. The van der Waals surface area contributed by atoms with Gasteiger partial charge in [0.2, 0.25) is 0 Å². The molecule has 3 nitrogen and oxygen atoms in total. The Labute approximate surface area is 80.2 Å². The van der Waals surface area contributed by atoms with Crippen molar-refractivity contribution in [3.63, 3.8) is 0 Å². The first-order chi connectivity index (χ1) is 6.25. The van der Waals surface area contributed by atoms with Crippen molar-refractivity contribution in [1.29, 1.82) is 0 Å². The Morgan fingerprint density at radius 2 is 2.15 bits per heavy atom. The smallest absolute Gasteiger partial charge is 0.314 e. The molecule has 0 saturated heterocycles. The van der Waals surface area contributed by atoms with Gasteiger partial charge in [-0.25, -0.2) is 0 Å². The average molecular weight is 199 g/mol. The zero-order valence-electron chi connectivity index (χ0n) is 6.75. The van der Waals surface area contributed by atoms with Gasteiger partial charge in [-0.2, -0.15) is 0 Å². The Morgan fingerprint density at radius 1 is 1.31 bits per heavy atom. The number of esters is 1. The summed E-state index contributed by atoms with van der Waals surface area (Å²) in [6.07, 6.45) is 0.270. The molecule has 1 aliphatic rings. The third-order valence-corrected chi connectivity index (χ3v) is 1.93. The molecule has 4 heteroatoms. The Balaban J connectivity index is 2.40. The highest BCUT2D eigenvalue weighted by molar-refractivity contribution is 6.30. The second kappa shape index (κ2) is 3.26. The lowest BCUT2D eigenvalue weighted by Crippen LogP contribution is -2.07. The number of carbonyl (C=O) groups excluding carboxylic acids is 1. The van der Waals surface area contributed by atoms with Crippen molar-refractivity contribution in [2.75, 3.05) is 6.61 Å². The van der Waals surface area contributed by atoms with Gasteiger partial charge in [0.1, 0.15) is 0 Å². The van der Waals surface area contributed by atoms with Crippen molar-refractivity contribution in [1.82, 2.24) is 0 Å². The molecular formula is C9H7ClO3. The predicted octanol–water partition coefficient (Wildman–Crippen LogP) is 2.03. The molecule has 0 saturated carbocycles. The van der Waals surface area contributed by atoms with E-state index in [1.165, 1.54) is 0 Å². The number of carbonyl (C=O) groups is 1. The summed E-state index contributed by atoms with van der Waals surface area (Å²) in [6, 6.07) is 4.95. The Hall–Kier alpha value is -1.22. The predicted molar refractivity (Wildman–Crippen MR) is 47.2 cm³/mol. The van der Waals surface area contributed by atoms with E-state index in [9.17, 15) is 4.79 Å². The summed E-state index contributed by atoms with van der Waals surface area (Å²) in [5, 5.41) is 0.525. The molecule has 13 heavy (non-hydrogen) atoms. The minimum atomic E-state index is -0.291. The zero-order valence-corrected chi connectivity index (χ0v) is 7.50. The number of rotatable bonds is 0. The lowest BCUT2D eigenvalue weighted by Gasteiger charge is -2.04. The Kier molecular flexibility index (Phi) is 2.10. The maximum Gasteiger partial charge on any atom is 0.314 e. The van der Waals surface area contributed by atoms with Gasteiger partial charge in [0.15, 0.2) is 11.5 Å². The molecule has 1 aromatic rings. The molecule has 0 aliphatic carbocycles. The fourth-order valence-corrected chi connectivity index (χ4v) is 1.26. The van der Waals surface area contributed by atoms with E-state index >= 15 is 0 Å². The number of halogens is 1. The Morgan fingerprint density at radius 3 is 3.00 bits per heavy atom. The van der Waals surface area contributed by atoms with Gasteiger partial charge in [-0.1, -0.05) is 11.6 Å². The van der Waals surface area contributed by atoms with Crippen LogP contribution in [0.5, 0.6) is 11.5 Å². The number of fused-ring (bicyclic) bond motifs is 1. The molecule has 0 fully saturated rings. The van der Waals surface area contributed by atoms with E-state index in [0.29, 0.717) is 23.1 Å². The van der Waals surface area contributed by atoms with Crippen molar-refractivity contribution >= 4 is 17.6 Å². The van der Waals surface area contributed by atoms with Crippen molar-refractivity contribution in [3.8, 4) is 11.5 Å². The summed E-state index contributed by atoms with van der Waals surface area (Å²) in [5.74, 6) is 0.672. The Bertz CT molecular complexity index is 349. The summed E-state index contributed by atoms with van der Waals surface area (Å²) in [4.78, 5) is 11.0. The van der Waals surface area contributed by atoms with Gasteiger partial charge in [-0.15, -0.1) is 0 Å². The van der Waals surface area contributed by atoms with Gasteiger partial charge in [-0.3, -0.25) is 4.79 Å². The maximum atomic E-state index is 11.0. The van der Waals surface area contributed by atoms with Crippen LogP contribution in [0.3, 0.4) is 0 Å². The second-order valence-electron chi connectivity index (χ2n) is 2.66. The molecule has 1 heterocycles. The minimum Gasteiger partial charge on any atom is -0.489 e. The first kappa shape index (κ1) is 8.38. The van der Waals surface area contributed by atoms with Gasteiger partial charge >= 0.3 is 5.97 Å². The molecule has 2 rings (SSSR count). The molecule has 0 bridgehead atoms. The van der Waals surface area contributed by atoms with E-state index in [0.717, 1.165) is 0 Å². The van der Waals surface area contributed by atoms with Crippen LogP contribution in [-0.4, -0.2) is 12.6 Å². The molecule has 0 aromatic heterocycles. The van der Waals surface area contributed by atoms with Gasteiger partial charge in [0.05, 0.1) is 13.0 Å². The van der Waals surface area contributed by atoms with Crippen LogP contribution in [0, 0.1) is 0 Å². The fourth-order valence-electron chi connectivity index (χ4n) is 1.10. The van der Waals surface area contributed by atoms with Gasteiger partial charge < -0.3 is 9.47 Å². The van der Waals surface area contributed by atoms with Crippen molar-refractivity contribution < 1.29 is 14.3 Å². The molecular weight excluding hydrogens is 192 g/mol. The third kappa shape index (κ3) is 1.75. The van der Waals surface area contributed by atoms with E-state index in [4.69, 9.17) is 21.1 Å². The zero-order chi connectivity index (χ0) is 9.26. The number of hydrogen-bond donors (Lipinski definition) is 0. The van der Waals surface area contributed by atoms with E-state index in [-0.39, 0.29) is 12.4 Å². The summed E-state index contributed by atoms with van der Waals surface area (Å²) in [6.45, 7) is 0.355. The van der Waals surface area contributed by atoms with Crippen LogP contribution < -0.4 is 9.47 Å². The maximum absolute atomic E-state index is 11.0. The summed E-state index contributed by atoms with van der Waals surface area (Å²) in [5.41, 5.74) is 0. The summed E-state index contributed by atoms with van der Waals surface area (Å²) in [7, 11) is 0. The summed E-state index contributed by atoms with van der Waals surface area (Å²) < 4.78 is 10.3. The van der Waals surface area contributed by atoms with Gasteiger partial charge in [0.25, 0.3) is 0 Å². The lowest BCUT2D eigenvalue weighted by atomic mass is 10.3. The second-order valence-corrected chi connectivity index (χ2v) is 3.10. The SMILES string of the molecule is O=C1CCOc2ccc(Cl)cc2O1. The topological polar surface area (TPSA) is 35.5 Å². The number of ether oxygens (including phenoxy) is 2. The third-order valence-electron chi connectivity index (χ3n) is 1.69. The van der Waals surface area contributed by atoms with Crippen LogP contribution in [0.4, 0.5) is 0 Å². The molecule has 0 unspecified atom stereocenters. The molecule has 0 radical (unpaired) electrons. The molecule has 68 valence electrons. The average Bonchev–Trinajstić information content (AvgIpc) is 2.25. The van der Waals surface area contributed by atoms with Crippen LogP contribution in [-0.2, 0) is 4.79 Å². The first-order valence-electron chi connectivity index (χ1n) is 3.89. The van der Waals surface area contributed by atoms with Gasteiger partial charge in [-0.05, 0) is 12.1 Å². The molecule has 0 N–H and O–H groups in total. The molecule has 1 aromatic carbocycles. The van der Waals surface area contributed by atoms with Crippen molar-refractivity contribution in [2.45, 2.75) is 6.42 Å². The highest BCUT2D eigenvalue weighted by Gasteiger charge is 2.15. The highest BCUT2D eigenvalue weighted by atomic mass is 35.5. The van der Waals surface area contributed by atoms with E-state index in [2.05, 4.69) is 0 Å². The lowest BCUT2D eigenvalue weighted by molar-refractivity contribution is -0.134. The van der Waals surface area contributed by atoms with E-state index in [1.807, 2.05) is 0 Å². The van der Waals surface area contributed by atoms with Crippen LogP contribution in [0.15, 0.2) is 18.2 Å². The monoisotopic (exact) mass is 198 g/mol. The van der Waals surface area contributed by atoms with Crippen LogP contribution in [0.2, 0.25) is 5.02 Å². The largest absolute Gasteiger partial charge is 0.489 e. The highest BCUT2D eigenvalue weighted by Crippen LogP contribution is 2.32. The van der Waals surface area contributed by atoms with Crippen molar-refractivity contribution in [3.05, 3.63) is 23.2 Å². The van der Waals surface area contributed by atoms with Crippen LogP contribution in [0.25, 0.3) is 0 Å². The first-order valence-corrected chi connectivity index (χ1v) is 4.26. The van der Waals surface area contributed by atoms with Crippen molar-refractivity contribution in [2.24, 2.45) is 0 Å². The molecule has 1 aliphatic heterocycles. The van der Waals surface area contributed by atoms with Gasteiger partial charge in [0, 0.05) is 11.1 Å². The molecule has 0 spiro atoms. The summed E-state index contributed by atoms with van der Waals surface area (Å²) >= 11 is 5.73. The number of hydrogen-bond acceptors (Lipinski definition) is 3. The number of benzene rings is 1.